The molecule has 1 N–H and O–H groups in total. The highest BCUT2D eigenvalue weighted by Gasteiger charge is 2.36. The summed E-state index contributed by atoms with van der Waals surface area (Å²) in [6, 6.07) is 13.8. The summed E-state index contributed by atoms with van der Waals surface area (Å²) in [5.41, 5.74) is 4.19. The summed E-state index contributed by atoms with van der Waals surface area (Å²) in [6.45, 7) is 11.7. The molecule has 234 valence electrons. The van der Waals surface area contributed by atoms with Gasteiger partial charge in [0, 0.05) is 41.3 Å². The molecule has 3 aliphatic heterocycles. The van der Waals surface area contributed by atoms with Crippen LogP contribution < -0.4 is 4.90 Å². The molecule has 0 amide bonds. The predicted octanol–water partition coefficient (Wildman–Crippen LogP) is 6.26. The number of hydrogen-bond acceptors (Lipinski definition) is 7. The summed E-state index contributed by atoms with van der Waals surface area (Å²) >= 11 is 1.66. The highest BCUT2D eigenvalue weighted by molar-refractivity contribution is 7.15. The van der Waals surface area contributed by atoms with Crippen molar-refractivity contribution in [3.8, 4) is 5.00 Å². The first-order valence-electron chi connectivity index (χ1n) is 15.8. The summed E-state index contributed by atoms with van der Waals surface area (Å²) in [6.07, 6.45) is 3.09. The first kappa shape index (κ1) is 30.0. The minimum absolute atomic E-state index is 0.274. The van der Waals surface area contributed by atoms with Crippen LogP contribution in [0.25, 0.3) is 5.00 Å². The fourth-order valence-corrected chi connectivity index (χ4v) is 8.40. The average molecular weight is 629 g/mol. The number of thiophene rings is 1. The number of likely N-dealkylation sites (tertiary alicyclic amines) is 1. The Kier molecular flexibility index (Phi) is 7.75. The highest BCUT2D eigenvalue weighted by Crippen LogP contribution is 2.39. The van der Waals surface area contributed by atoms with Gasteiger partial charge in [0.2, 0.25) is 0 Å². The number of aryl methyl sites for hydroxylation is 2. The fraction of sp³-hybridized carbons (Fsp3) is 0.457. The molecule has 10 heteroatoms. The van der Waals surface area contributed by atoms with Crippen molar-refractivity contribution in [2.45, 2.75) is 70.9 Å². The van der Waals surface area contributed by atoms with Gasteiger partial charge in [-0.3, -0.25) is 9.56 Å². The zero-order valence-electron chi connectivity index (χ0n) is 26.2. The number of benzene rings is 1. The maximum absolute atomic E-state index is 16.0. The zero-order valence-corrected chi connectivity index (χ0v) is 27.0. The number of rotatable bonds is 5. The molecule has 1 atom stereocenters. The van der Waals surface area contributed by atoms with Gasteiger partial charge in [0.1, 0.15) is 22.7 Å². The second-order valence-electron chi connectivity index (χ2n) is 12.9. The van der Waals surface area contributed by atoms with Crippen LogP contribution in [-0.4, -0.2) is 68.8 Å². The van der Waals surface area contributed by atoms with Crippen molar-refractivity contribution in [3.63, 3.8) is 0 Å². The average Bonchev–Trinajstić information content (AvgIpc) is 3.51. The van der Waals surface area contributed by atoms with Crippen molar-refractivity contribution in [1.29, 1.82) is 0 Å². The Hall–Kier alpha value is -3.65. The molecule has 0 saturated carbocycles. The Balaban J connectivity index is 1.03. The second-order valence-corrected chi connectivity index (χ2v) is 14.1. The maximum Gasteiger partial charge on any atom is 0.173 e. The van der Waals surface area contributed by atoms with Gasteiger partial charge in [0.15, 0.2) is 11.6 Å². The van der Waals surface area contributed by atoms with Gasteiger partial charge in [-0.05, 0) is 120 Å². The Morgan fingerprint density at radius 2 is 1.80 bits per heavy atom. The van der Waals surface area contributed by atoms with Gasteiger partial charge in [-0.25, -0.2) is 4.39 Å². The normalized spacial score (nSPS) is 20.3. The number of aliphatic hydroxyl groups is 1. The van der Waals surface area contributed by atoms with Gasteiger partial charge in [0.05, 0.1) is 11.3 Å². The Morgan fingerprint density at radius 1 is 1.04 bits per heavy atom. The standard InChI is InChI=1S/C35H38F2N6OS/c1-21-23(3)45-34-31(21)32(38-22(2)33-40-39-24(4)43(33)34)29-9-8-28(19-30(29)37)42-16-12-35(44,13-17-42)20-41-14-10-25(11-15-41)26-6-5-7-27(36)18-26/h6,8-9,18-19,22,25,44H,10-17,20H2,1-4H3/t22-/m0/s1. The summed E-state index contributed by atoms with van der Waals surface area (Å²) in [5.74, 6) is 1.20. The van der Waals surface area contributed by atoms with E-state index < -0.39 is 5.60 Å². The summed E-state index contributed by atoms with van der Waals surface area (Å²) in [7, 11) is 0. The molecule has 4 aromatic rings. The second kappa shape index (κ2) is 11.6. The topological polar surface area (TPSA) is 69.8 Å². The van der Waals surface area contributed by atoms with Crippen molar-refractivity contribution in [1.82, 2.24) is 19.7 Å². The van der Waals surface area contributed by atoms with E-state index in [1.807, 2.05) is 32.0 Å². The van der Waals surface area contributed by atoms with Crippen LogP contribution in [0.3, 0.4) is 0 Å². The molecule has 0 spiro atoms. The number of piperidine rings is 2. The van der Waals surface area contributed by atoms with Crippen molar-refractivity contribution in [2.24, 2.45) is 4.99 Å². The van der Waals surface area contributed by atoms with Crippen LogP contribution in [0.5, 0.6) is 0 Å². The quantitative estimate of drug-likeness (QED) is 0.283. The molecule has 7 nitrogen and oxygen atoms in total. The molecule has 2 fully saturated rings. The molecule has 0 aliphatic carbocycles. The van der Waals surface area contributed by atoms with E-state index in [9.17, 15) is 9.50 Å². The lowest BCUT2D eigenvalue weighted by Crippen LogP contribution is -2.52. The Bertz CT molecular complexity index is 1760. The van der Waals surface area contributed by atoms with E-state index >= 15 is 4.39 Å². The first-order valence-corrected chi connectivity index (χ1v) is 16.6. The van der Waals surface area contributed by atoms with Gasteiger partial charge in [-0.15, -0.1) is 21.5 Å². The van der Waals surface area contributed by atoms with E-state index in [1.54, 1.807) is 23.5 Å². The Morgan fingerprint density at radius 3 is 2.51 bits per heavy atom. The number of fused-ring (bicyclic) bond motifs is 3. The molecule has 2 aromatic carbocycles. The van der Waals surface area contributed by atoms with E-state index in [4.69, 9.17) is 4.99 Å². The molecule has 0 unspecified atom stereocenters. The smallest absolute Gasteiger partial charge is 0.173 e. The third-order valence-electron chi connectivity index (χ3n) is 9.92. The van der Waals surface area contributed by atoms with E-state index in [0.29, 0.717) is 49.7 Å². The number of aromatic nitrogens is 3. The van der Waals surface area contributed by atoms with Crippen LogP contribution in [0.15, 0.2) is 35.3 Å². The summed E-state index contributed by atoms with van der Waals surface area (Å²) < 4.78 is 31.7. The number of nitrogens with zero attached hydrogens (tertiary/aromatic N) is 6. The van der Waals surface area contributed by atoms with E-state index in [2.05, 4.69) is 50.5 Å². The number of hydrogen-bond donors (Lipinski definition) is 1. The van der Waals surface area contributed by atoms with Gasteiger partial charge < -0.3 is 14.9 Å². The molecule has 7 rings (SSSR count). The van der Waals surface area contributed by atoms with Gasteiger partial charge in [-0.1, -0.05) is 6.07 Å². The lowest BCUT2D eigenvalue weighted by molar-refractivity contribution is -0.0213. The third-order valence-corrected chi connectivity index (χ3v) is 11.1. The molecule has 45 heavy (non-hydrogen) atoms. The highest BCUT2D eigenvalue weighted by atomic mass is 32.1. The third kappa shape index (κ3) is 5.56. The number of β-amino-alcohol motifs (C(OH)–C–C–N with tert-alkyl or cyclic N) is 1. The minimum Gasteiger partial charge on any atom is -0.388 e. The van der Waals surface area contributed by atoms with Crippen molar-refractivity contribution in [2.75, 3.05) is 37.6 Å². The molecule has 0 radical (unpaired) electrons. The minimum atomic E-state index is -0.781. The van der Waals surface area contributed by atoms with E-state index in [1.165, 1.54) is 0 Å². The molecular weight excluding hydrogens is 590 g/mol. The summed E-state index contributed by atoms with van der Waals surface area (Å²) in [4.78, 5) is 10.7. The van der Waals surface area contributed by atoms with Crippen LogP contribution in [0.4, 0.5) is 14.5 Å². The molecular formula is C35H38F2N6OS. The van der Waals surface area contributed by atoms with Crippen LogP contribution in [-0.2, 0) is 0 Å². The predicted molar refractivity (Wildman–Crippen MR) is 173 cm³/mol. The van der Waals surface area contributed by atoms with Crippen LogP contribution in [0.1, 0.15) is 83.3 Å². The zero-order chi connectivity index (χ0) is 31.5. The number of aliphatic imine (C=N–C) groups is 1. The summed E-state index contributed by atoms with van der Waals surface area (Å²) in [5, 5.41) is 21.2. The molecule has 5 heterocycles. The van der Waals surface area contributed by atoms with Crippen LogP contribution >= 0.6 is 11.3 Å². The van der Waals surface area contributed by atoms with Gasteiger partial charge in [-0.2, -0.15) is 4.39 Å². The van der Waals surface area contributed by atoms with Crippen LogP contribution in [0.2, 0.25) is 0 Å². The van der Waals surface area contributed by atoms with Crippen molar-refractivity contribution >= 4 is 22.7 Å². The number of halogens is 2. The largest absolute Gasteiger partial charge is 0.388 e. The Labute approximate surface area is 267 Å². The fourth-order valence-electron chi connectivity index (χ4n) is 7.19. The van der Waals surface area contributed by atoms with Crippen molar-refractivity contribution < 1.29 is 13.9 Å². The lowest BCUT2D eigenvalue weighted by Gasteiger charge is -2.43. The van der Waals surface area contributed by atoms with E-state index in [0.717, 1.165) is 69.8 Å². The van der Waals surface area contributed by atoms with E-state index in [-0.39, 0.29) is 17.7 Å². The van der Waals surface area contributed by atoms with Crippen LogP contribution in [0, 0.1) is 44.5 Å². The SMILES string of the molecule is Cc1sc2c(c1C)C(c1ccc(N3CCC(O)(CN4CCC(c5cc#cc(F)c5)CC4)CC3)cc1F)=N[C@@H](C)c1nnc(C)n1-2. The number of anilines is 1. The molecule has 2 saturated heterocycles. The maximum atomic E-state index is 16.0. The molecule has 2 aromatic heterocycles. The molecule has 3 aliphatic rings. The van der Waals surface area contributed by atoms with Crippen molar-refractivity contribution in [3.05, 3.63) is 92.9 Å². The first-order chi connectivity index (χ1) is 21.6. The van der Waals surface area contributed by atoms with Gasteiger partial charge >= 0.3 is 0 Å². The lowest BCUT2D eigenvalue weighted by atomic mass is 9.87. The molecule has 0 bridgehead atoms. The van der Waals surface area contributed by atoms with Gasteiger partial charge in [0.25, 0.3) is 0 Å². The monoisotopic (exact) mass is 628 g/mol.